The lowest BCUT2D eigenvalue weighted by Gasteiger charge is -2.19. The number of rotatable bonds is 5. The van der Waals surface area contributed by atoms with Gasteiger partial charge in [0.25, 0.3) is 0 Å². The second-order valence-electron chi connectivity index (χ2n) is 5.53. The molecule has 0 radical (unpaired) electrons. The molecule has 0 amide bonds. The van der Waals surface area contributed by atoms with Crippen LogP contribution in [0.4, 0.5) is 0 Å². The third kappa shape index (κ3) is 3.39. The van der Waals surface area contributed by atoms with Crippen molar-refractivity contribution >= 4 is 10.0 Å². The highest BCUT2D eigenvalue weighted by molar-refractivity contribution is 7.89. The molecule has 5 nitrogen and oxygen atoms in total. The molecular weight excluding hydrogens is 324 g/mol. The molecule has 0 saturated heterocycles. The van der Waals surface area contributed by atoms with E-state index in [2.05, 4.69) is 9.71 Å². The molecule has 1 atom stereocenters. The second-order valence-corrected chi connectivity index (χ2v) is 7.21. The van der Waals surface area contributed by atoms with Crippen LogP contribution < -0.4 is 4.72 Å². The first kappa shape index (κ1) is 16.4. The van der Waals surface area contributed by atoms with Gasteiger partial charge in [0.1, 0.15) is 16.4 Å². The standard InChI is InChI=1S/C18H18N2O3S/c1-13-11-17(14(2)23-13)24(21,22)20-18(15-7-4-3-5-8-15)16-9-6-10-19-12-16/h3-12,18,20H,1-2H3/t18-/m0/s1. The molecule has 0 fully saturated rings. The van der Waals surface area contributed by atoms with Gasteiger partial charge in [0.15, 0.2) is 0 Å². The average molecular weight is 342 g/mol. The summed E-state index contributed by atoms with van der Waals surface area (Å²) in [5.41, 5.74) is 1.61. The first-order valence-electron chi connectivity index (χ1n) is 7.51. The number of hydrogen-bond donors (Lipinski definition) is 1. The van der Waals surface area contributed by atoms with Gasteiger partial charge in [-0.05, 0) is 37.1 Å². The molecule has 0 aliphatic rings. The van der Waals surface area contributed by atoms with E-state index in [-0.39, 0.29) is 4.90 Å². The van der Waals surface area contributed by atoms with Gasteiger partial charge in [-0.2, -0.15) is 4.72 Å². The molecule has 3 rings (SSSR count). The van der Waals surface area contributed by atoms with Crippen molar-refractivity contribution in [1.82, 2.24) is 9.71 Å². The van der Waals surface area contributed by atoms with E-state index >= 15 is 0 Å². The van der Waals surface area contributed by atoms with Crippen LogP contribution in [0, 0.1) is 13.8 Å². The molecule has 1 N–H and O–H groups in total. The number of nitrogens with zero attached hydrogens (tertiary/aromatic N) is 1. The largest absolute Gasteiger partial charge is 0.465 e. The van der Waals surface area contributed by atoms with E-state index in [4.69, 9.17) is 4.42 Å². The maximum atomic E-state index is 12.8. The predicted octanol–water partition coefficient (Wildman–Crippen LogP) is 3.36. The molecule has 0 bridgehead atoms. The van der Waals surface area contributed by atoms with Gasteiger partial charge in [-0.15, -0.1) is 0 Å². The molecular formula is C18H18N2O3S. The molecule has 3 aromatic rings. The van der Waals surface area contributed by atoms with Crippen LogP contribution in [-0.4, -0.2) is 13.4 Å². The summed E-state index contributed by atoms with van der Waals surface area (Å²) in [7, 11) is -3.74. The molecule has 0 saturated carbocycles. The number of hydrogen-bond acceptors (Lipinski definition) is 4. The van der Waals surface area contributed by atoms with Crippen molar-refractivity contribution in [3.8, 4) is 0 Å². The van der Waals surface area contributed by atoms with Crippen LogP contribution in [0.3, 0.4) is 0 Å². The maximum Gasteiger partial charge on any atom is 0.244 e. The van der Waals surface area contributed by atoms with Crippen molar-refractivity contribution in [2.45, 2.75) is 24.8 Å². The summed E-state index contributed by atoms with van der Waals surface area (Å²) in [5, 5.41) is 0. The zero-order valence-electron chi connectivity index (χ0n) is 13.4. The summed E-state index contributed by atoms with van der Waals surface area (Å²) in [5.74, 6) is 0.934. The summed E-state index contributed by atoms with van der Waals surface area (Å²) in [6.07, 6.45) is 3.32. The summed E-state index contributed by atoms with van der Waals surface area (Å²) in [6, 6.07) is 14.0. The highest BCUT2D eigenvalue weighted by Gasteiger charge is 2.26. The first-order valence-corrected chi connectivity index (χ1v) is 9.00. The van der Waals surface area contributed by atoms with Gasteiger partial charge in [-0.25, -0.2) is 8.42 Å². The molecule has 124 valence electrons. The molecule has 0 unspecified atom stereocenters. The summed E-state index contributed by atoms with van der Waals surface area (Å²) >= 11 is 0. The van der Waals surface area contributed by atoms with Gasteiger partial charge >= 0.3 is 0 Å². The minimum Gasteiger partial charge on any atom is -0.465 e. The first-order chi connectivity index (χ1) is 11.5. The van der Waals surface area contributed by atoms with Crippen LogP contribution in [0.5, 0.6) is 0 Å². The zero-order valence-corrected chi connectivity index (χ0v) is 14.2. The average Bonchev–Trinajstić information content (AvgIpc) is 2.94. The van der Waals surface area contributed by atoms with E-state index in [0.717, 1.165) is 11.1 Å². The Kier molecular flexibility index (Phi) is 4.51. The van der Waals surface area contributed by atoms with E-state index in [1.165, 1.54) is 6.07 Å². The number of furan rings is 1. The lowest BCUT2D eigenvalue weighted by atomic mass is 10.0. The Bertz CT molecular complexity index is 880. The minimum atomic E-state index is -3.74. The quantitative estimate of drug-likeness (QED) is 0.772. The number of aromatic nitrogens is 1. The maximum absolute atomic E-state index is 12.8. The van der Waals surface area contributed by atoms with Crippen molar-refractivity contribution in [1.29, 1.82) is 0 Å². The Morgan fingerprint density at radius 3 is 2.33 bits per heavy atom. The zero-order chi connectivity index (χ0) is 17.2. The molecule has 2 aromatic heterocycles. The molecule has 0 aliphatic heterocycles. The summed E-state index contributed by atoms with van der Waals surface area (Å²) < 4.78 is 33.8. The molecule has 2 heterocycles. The Hall–Kier alpha value is -2.44. The molecule has 6 heteroatoms. The van der Waals surface area contributed by atoms with E-state index in [1.54, 1.807) is 32.3 Å². The van der Waals surface area contributed by atoms with Crippen molar-refractivity contribution in [2.24, 2.45) is 0 Å². The topological polar surface area (TPSA) is 72.2 Å². The van der Waals surface area contributed by atoms with Crippen LogP contribution in [0.15, 0.2) is 70.2 Å². The van der Waals surface area contributed by atoms with Crippen LogP contribution in [0.1, 0.15) is 28.7 Å². The van der Waals surface area contributed by atoms with E-state index in [9.17, 15) is 8.42 Å². The van der Waals surface area contributed by atoms with Crippen LogP contribution in [-0.2, 0) is 10.0 Å². The van der Waals surface area contributed by atoms with Crippen molar-refractivity contribution in [2.75, 3.05) is 0 Å². The Balaban J connectivity index is 2.03. The van der Waals surface area contributed by atoms with Gasteiger partial charge in [0, 0.05) is 12.4 Å². The van der Waals surface area contributed by atoms with Gasteiger partial charge in [0.2, 0.25) is 10.0 Å². The SMILES string of the molecule is Cc1cc(S(=O)(=O)N[C@@H](c2ccccc2)c2cccnc2)c(C)o1. The fraction of sp³-hybridized carbons (Fsp3) is 0.167. The van der Waals surface area contributed by atoms with Crippen LogP contribution in [0.2, 0.25) is 0 Å². The number of pyridine rings is 1. The lowest BCUT2D eigenvalue weighted by molar-refractivity contribution is 0.495. The molecule has 24 heavy (non-hydrogen) atoms. The van der Waals surface area contributed by atoms with Crippen molar-refractivity contribution in [3.05, 3.63) is 83.6 Å². The lowest BCUT2D eigenvalue weighted by Crippen LogP contribution is -2.29. The molecule has 0 spiro atoms. The Morgan fingerprint density at radius 2 is 1.75 bits per heavy atom. The number of aryl methyl sites for hydroxylation is 2. The third-order valence-corrected chi connectivity index (χ3v) is 5.24. The van der Waals surface area contributed by atoms with E-state index in [0.29, 0.717) is 11.5 Å². The Morgan fingerprint density at radius 1 is 1.04 bits per heavy atom. The summed E-state index contributed by atoms with van der Waals surface area (Å²) in [4.78, 5) is 4.26. The number of sulfonamides is 1. The van der Waals surface area contributed by atoms with Gasteiger partial charge in [-0.3, -0.25) is 4.98 Å². The molecule has 1 aromatic carbocycles. The van der Waals surface area contributed by atoms with Crippen molar-refractivity contribution < 1.29 is 12.8 Å². The number of nitrogens with one attached hydrogen (secondary N) is 1. The third-order valence-electron chi connectivity index (χ3n) is 3.71. The highest BCUT2D eigenvalue weighted by atomic mass is 32.2. The van der Waals surface area contributed by atoms with Crippen LogP contribution in [0.25, 0.3) is 0 Å². The van der Waals surface area contributed by atoms with Gasteiger partial charge < -0.3 is 4.42 Å². The van der Waals surface area contributed by atoms with E-state index in [1.807, 2.05) is 36.4 Å². The van der Waals surface area contributed by atoms with Crippen molar-refractivity contribution in [3.63, 3.8) is 0 Å². The molecule has 0 aliphatic carbocycles. The smallest absolute Gasteiger partial charge is 0.244 e. The normalized spacial score (nSPS) is 12.9. The Labute approximate surface area is 141 Å². The predicted molar refractivity (Wildman–Crippen MR) is 91.0 cm³/mol. The fourth-order valence-corrected chi connectivity index (χ4v) is 4.06. The number of benzene rings is 1. The summed E-state index contributed by atoms with van der Waals surface area (Å²) in [6.45, 7) is 3.37. The van der Waals surface area contributed by atoms with Gasteiger partial charge in [-0.1, -0.05) is 36.4 Å². The second kappa shape index (κ2) is 6.59. The van der Waals surface area contributed by atoms with Crippen LogP contribution >= 0.6 is 0 Å². The monoisotopic (exact) mass is 342 g/mol. The van der Waals surface area contributed by atoms with E-state index < -0.39 is 16.1 Å². The fourth-order valence-electron chi connectivity index (χ4n) is 2.61. The minimum absolute atomic E-state index is 0.157. The highest BCUT2D eigenvalue weighted by Crippen LogP contribution is 2.26. The van der Waals surface area contributed by atoms with Gasteiger partial charge in [0.05, 0.1) is 6.04 Å².